The molecule has 0 saturated heterocycles. The van der Waals surface area contributed by atoms with Gasteiger partial charge in [-0.2, -0.15) is 0 Å². The fourth-order valence-electron chi connectivity index (χ4n) is 4.39. The molecule has 1 unspecified atom stereocenters. The molecule has 3 aromatic rings. The number of aryl methyl sites for hydroxylation is 1. The first-order chi connectivity index (χ1) is 15.1. The minimum Gasteiger partial charge on any atom is -0.489 e. The Morgan fingerprint density at radius 2 is 1.77 bits per heavy atom. The van der Waals surface area contributed by atoms with Crippen molar-refractivity contribution in [2.75, 3.05) is 7.05 Å². The van der Waals surface area contributed by atoms with E-state index in [2.05, 4.69) is 53.8 Å². The summed E-state index contributed by atoms with van der Waals surface area (Å²) < 4.78 is 5.99. The summed E-state index contributed by atoms with van der Waals surface area (Å²) in [5, 5.41) is 15.0. The van der Waals surface area contributed by atoms with Gasteiger partial charge in [0.15, 0.2) is 5.71 Å². The number of fused-ring (bicyclic) bond motifs is 1. The lowest BCUT2D eigenvalue weighted by atomic mass is 9.77. The summed E-state index contributed by atoms with van der Waals surface area (Å²) in [5.74, 6) is 0.292. The normalized spacial score (nSPS) is 17.8. The highest BCUT2D eigenvalue weighted by atomic mass is 16.5. The zero-order chi connectivity index (χ0) is 21.8. The molecular formula is C26H26N2O3. The number of amides is 1. The summed E-state index contributed by atoms with van der Waals surface area (Å²) in [4.78, 5) is 12.0. The first kappa shape index (κ1) is 20.7. The molecule has 4 rings (SSSR count). The summed E-state index contributed by atoms with van der Waals surface area (Å²) in [6.45, 7) is 2.56. The van der Waals surface area contributed by atoms with E-state index in [1.807, 2.05) is 24.3 Å². The van der Waals surface area contributed by atoms with Crippen LogP contribution in [0.15, 0.2) is 78.0 Å². The van der Waals surface area contributed by atoms with Gasteiger partial charge >= 0.3 is 0 Å². The monoisotopic (exact) mass is 414 g/mol. The van der Waals surface area contributed by atoms with Crippen LogP contribution in [-0.2, 0) is 23.2 Å². The summed E-state index contributed by atoms with van der Waals surface area (Å²) >= 11 is 0. The largest absolute Gasteiger partial charge is 0.489 e. The van der Waals surface area contributed by atoms with Gasteiger partial charge in [0.2, 0.25) is 0 Å². The molecule has 0 heterocycles. The number of oxime groups is 1. The second-order valence-electron chi connectivity index (χ2n) is 7.99. The number of nitrogens with zero attached hydrogens (tertiary/aromatic N) is 1. The zero-order valence-corrected chi connectivity index (χ0v) is 17.8. The van der Waals surface area contributed by atoms with Crippen LogP contribution in [0.25, 0.3) is 0 Å². The molecule has 5 heteroatoms. The van der Waals surface area contributed by atoms with Gasteiger partial charge in [-0.05, 0) is 47.2 Å². The fourth-order valence-corrected chi connectivity index (χ4v) is 4.39. The van der Waals surface area contributed by atoms with Crippen molar-refractivity contribution in [3.63, 3.8) is 0 Å². The number of ether oxygens (including phenoxy) is 1. The van der Waals surface area contributed by atoms with Crippen LogP contribution >= 0.6 is 0 Å². The summed E-state index contributed by atoms with van der Waals surface area (Å²) in [5.41, 5.74) is 5.39. The molecule has 158 valence electrons. The van der Waals surface area contributed by atoms with Crippen LogP contribution in [-0.4, -0.2) is 23.9 Å². The highest BCUT2D eigenvalue weighted by Gasteiger charge is 2.35. The first-order valence-corrected chi connectivity index (χ1v) is 10.4. The van der Waals surface area contributed by atoms with Crippen LogP contribution in [0.2, 0.25) is 0 Å². The van der Waals surface area contributed by atoms with E-state index in [9.17, 15) is 10.0 Å². The predicted molar refractivity (Wildman–Crippen MR) is 121 cm³/mol. The van der Waals surface area contributed by atoms with E-state index >= 15 is 0 Å². The van der Waals surface area contributed by atoms with Gasteiger partial charge in [-0.15, -0.1) is 0 Å². The topological polar surface area (TPSA) is 70.9 Å². The molecule has 0 saturated carbocycles. The summed E-state index contributed by atoms with van der Waals surface area (Å²) in [6, 6.07) is 24.2. The molecule has 31 heavy (non-hydrogen) atoms. The van der Waals surface area contributed by atoms with Gasteiger partial charge in [-0.25, -0.2) is 0 Å². The molecule has 0 spiro atoms. The molecule has 0 bridgehead atoms. The maximum absolute atomic E-state index is 12.0. The molecule has 1 aliphatic carbocycles. The van der Waals surface area contributed by atoms with Gasteiger partial charge in [-0.1, -0.05) is 72.7 Å². The number of hydrogen-bond donors (Lipinski definition) is 2. The molecule has 0 fully saturated rings. The average Bonchev–Trinajstić information content (AvgIpc) is 3.17. The fraction of sp³-hybridized carbons (Fsp3) is 0.231. The molecule has 2 N–H and O–H groups in total. The highest BCUT2D eigenvalue weighted by Crippen LogP contribution is 2.43. The molecule has 5 nitrogen and oxygen atoms in total. The van der Waals surface area contributed by atoms with Crippen LogP contribution in [0.5, 0.6) is 5.75 Å². The van der Waals surface area contributed by atoms with Crippen molar-refractivity contribution in [3.8, 4) is 5.75 Å². The summed E-state index contributed by atoms with van der Waals surface area (Å²) in [6.07, 6.45) is 2.20. The zero-order valence-electron chi connectivity index (χ0n) is 17.8. The van der Waals surface area contributed by atoms with Crippen molar-refractivity contribution in [2.24, 2.45) is 5.16 Å². The molecule has 3 aromatic carbocycles. The molecule has 0 aliphatic heterocycles. The Hall–Kier alpha value is -3.60. The van der Waals surface area contributed by atoms with Crippen molar-refractivity contribution in [2.45, 2.75) is 31.8 Å². The molecular weight excluding hydrogens is 388 g/mol. The third-order valence-corrected chi connectivity index (χ3v) is 6.21. The van der Waals surface area contributed by atoms with E-state index in [1.165, 1.54) is 23.7 Å². The van der Waals surface area contributed by atoms with Gasteiger partial charge in [0.25, 0.3) is 5.91 Å². The van der Waals surface area contributed by atoms with Crippen LogP contribution in [0.1, 0.15) is 41.2 Å². The van der Waals surface area contributed by atoms with E-state index in [-0.39, 0.29) is 17.7 Å². The number of benzene rings is 3. The smallest absolute Gasteiger partial charge is 0.273 e. The van der Waals surface area contributed by atoms with E-state index in [0.717, 1.165) is 24.2 Å². The highest BCUT2D eigenvalue weighted by molar-refractivity contribution is 6.45. The van der Waals surface area contributed by atoms with Crippen molar-refractivity contribution >= 4 is 11.6 Å². The lowest BCUT2D eigenvalue weighted by molar-refractivity contribution is -0.114. The van der Waals surface area contributed by atoms with E-state index in [1.54, 1.807) is 12.1 Å². The Morgan fingerprint density at radius 1 is 1.06 bits per heavy atom. The van der Waals surface area contributed by atoms with Gasteiger partial charge in [0.05, 0.1) is 0 Å². The number of hydrogen-bond acceptors (Lipinski definition) is 4. The standard InChI is InChI=1S/C26H26N2O3/c1-26(16-15-18-7-4-6-10-23(18)26)20-11-13-21(14-12-20)31-17-19-8-3-5-9-22(19)24(28-30)25(29)27-2/h3-14,30H,15-17H2,1-2H3,(H,27,29)/b28-24+. The van der Waals surface area contributed by atoms with Gasteiger partial charge in [-0.3, -0.25) is 4.79 Å². The Balaban J connectivity index is 1.51. The number of rotatable bonds is 6. The Labute approximate surface area is 182 Å². The number of carbonyl (C=O) groups excluding carboxylic acids is 1. The number of nitrogens with one attached hydrogen (secondary N) is 1. The van der Waals surface area contributed by atoms with Gasteiger partial charge in [0, 0.05) is 18.0 Å². The molecule has 1 atom stereocenters. The Bertz CT molecular complexity index is 1120. The van der Waals surface area contributed by atoms with Gasteiger partial charge < -0.3 is 15.3 Å². The minimum atomic E-state index is -0.454. The van der Waals surface area contributed by atoms with Gasteiger partial charge in [0.1, 0.15) is 12.4 Å². The van der Waals surface area contributed by atoms with Crippen LogP contribution in [0, 0.1) is 0 Å². The maximum Gasteiger partial charge on any atom is 0.273 e. The second-order valence-corrected chi connectivity index (χ2v) is 7.99. The Kier molecular flexibility index (Phi) is 5.76. The Morgan fingerprint density at radius 3 is 2.52 bits per heavy atom. The minimum absolute atomic E-state index is 0.0156. The van der Waals surface area contributed by atoms with E-state index in [4.69, 9.17) is 4.74 Å². The van der Waals surface area contributed by atoms with Crippen LogP contribution < -0.4 is 10.1 Å². The number of likely N-dealkylation sites (N-methyl/N-ethyl adjacent to an activating group) is 1. The van der Waals surface area contributed by atoms with Crippen molar-refractivity contribution < 1.29 is 14.7 Å². The lowest BCUT2D eigenvalue weighted by Crippen LogP contribution is -2.29. The lowest BCUT2D eigenvalue weighted by Gasteiger charge is -2.26. The first-order valence-electron chi connectivity index (χ1n) is 10.4. The van der Waals surface area contributed by atoms with E-state index < -0.39 is 5.91 Å². The molecule has 1 aliphatic rings. The van der Waals surface area contributed by atoms with Crippen molar-refractivity contribution in [1.29, 1.82) is 0 Å². The molecule has 1 amide bonds. The van der Waals surface area contributed by atoms with Crippen LogP contribution in [0.4, 0.5) is 0 Å². The third-order valence-electron chi connectivity index (χ3n) is 6.21. The summed E-state index contributed by atoms with van der Waals surface area (Å²) in [7, 11) is 1.50. The average molecular weight is 415 g/mol. The van der Waals surface area contributed by atoms with E-state index in [0.29, 0.717) is 5.56 Å². The maximum atomic E-state index is 12.0. The van der Waals surface area contributed by atoms with Crippen molar-refractivity contribution in [1.82, 2.24) is 5.32 Å². The quantitative estimate of drug-likeness (QED) is 0.356. The van der Waals surface area contributed by atoms with Crippen LogP contribution in [0.3, 0.4) is 0 Å². The third kappa shape index (κ3) is 3.91. The SMILES string of the molecule is CNC(=O)/C(=N/O)c1ccccc1COc1ccc(C2(C)CCc3ccccc32)cc1. The number of carbonyl (C=O) groups is 1. The predicted octanol–water partition coefficient (Wildman–Crippen LogP) is 4.44. The second kappa shape index (κ2) is 8.64. The van der Waals surface area contributed by atoms with Crippen molar-refractivity contribution in [3.05, 3.63) is 101 Å². The molecule has 0 aromatic heterocycles. The molecule has 0 radical (unpaired) electrons.